The fourth-order valence-electron chi connectivity index (χ4n) is 5.11. The standard InChI is InChI=1S/C32H49N3O/c1-3-5-7-9-11-12-14-16-18-22-28-25-27(21-17-15-13-10-8-6-4-2)26-31(32(28)36)35-33-29-23-19-20-24-30(29)34-35/h19-20,23-26,36H,3-18,21-22H2,1-2H3. The maximum atomic E-state index is 11.2. The second-order valence-electron chi connectivity index (χ2n) is 10.6. The highest BCUT2D eigenvalue weighted by Gasteiger charge is 2.15. The Morgan fingerprint density at radius 2 is 1.08 bits per heavy atom. The smallest absolute Gasteiger partial charge is 0.146 e. The van der Waals surface area contributed by atoms with E-state index in [2.05, 4.69) is 36.2 Å². The highest BCUT2D eigenvalue weighted by atomic mass is 16.3. The summed E-state index contributed by atoms with van der Waals surface area (Å²) < 4.78 is 0. The van der Waals surface area contributed by atoms with Crippen molar-refractivity contribution in [2.24, 2.45) is 0 Å². The molecule has 0 bridgehead atoms. The molecule has 0 aliphatic heterocycles. The number of benzene rings is 2. The number of unbranched alkanes of at least 4 members (excludes halogenated alkanes) is 14. The average Bonchev–Trinajstić information content (AvgIpc) is 3.32. The number of phenolic OH excluding ortho intramolecular Hbond substituents is 1. The van der Waals surface area contributed by atoms with Crippen LogP contribution in [0.25, 0.3) is 16.7 Å². The highest BCUT2D eigenvalue weighted by molar-refractivity contribution is 5.73. The molecule has 0 aliphatic rings. The van der Waals surface area contributed by atoms with Crippen LogP contribution in [0.15, 0.2) is 36.4 Å². The summed E-state index contributed by atoms with van der Waals surface area (Å²) in [5.41, 5.74) is 4.78. The number of phenols is 1. The maximum Gasteiger partial charge on any atom is 0.146 e. The molecule has 4 nitrogen and oxygen atoms in total. The molecular weight excluding hydrogens is 442 g/mol. The van der Waals surface area contributed by atoms with E-state index < -0.39 is 0 Å². The number of fused-ring (bicyclic) bond motifs is 1. The van der Waals surface area contributed by atoms with Gasteiger partial charge in [-0.25, -0.2) is 0 Å². The van der Waals surface area contributed by atoms with Crippen molar-refractivity contribution in [1.82, 2.24) is 15.0 Å². The first-order valence-corrected chi connectivity index (χ1v) is 14.9. The highest BCUT2D eigenvalue weighted by Crippen LogP contribution is 2.30. The van der Waals surface area contributed by atoms with Crippen LogP contribution >= 0.6 is 0 Å². The van der Waals surface area contributed by atoms with Gasteiger partial charge in [0, 0.05) is 0 Å². The summed E-state index contributed by atoms with van der Waals surface area (Å²) >= 11 is 0. The van der Waals surface area contributed by atoms with Gasteiger partial charge in [-0.2, -0.15) is 0 Å². The van der Waals surface area contributed by atoms with Gasteiger partial charge >= 0.3 is 0 Å². The molecule has 0 amide bonds. The SMILES string of the molecule is CCCCCCCCCCCc1cc(CCCCCCCCC)cc(-n2nc3ccccc3n2)c1O. The number of aromatic hydroxyl groups is 1. The zero-order chi connectivity index (χ0) is 25.4. The first-order valence-electron chi connectivity index (χ1n) is 14.9. The normalized spacial score (nSPS) is 11.5. The van der Waals surface area contributed by atoms with E-state index in [0.29, 0.717) is 5.75 Å². The van der Waals surface area contributed by atoms with E-state index in [1.807, 2.05) is 24.3 Å². The van der Waals surface area contributed by atoms with Crippen molar-refractivity contribution >= 4 is 11.0 Å². The Morgan fingerprint density at radius 3 is 1.61 bits per heavy atom. The lowest BCUT2D eigenvalue weighted by molar-refractivity contribution is 0.458. The molecule has 3 rings (SSSR count). The van der Waals surface area contributed by atoms with Gasteiger partial charge in [0.05, 0.1) is 0 Å². The van der Waals surface area contributed by atoms with Crippen molar-refractivity contribution in [3.05, 3.63) is 47.5 Å². The van der Waals surface area contributed by atoms with Crippen molar-refractivity contribution in [2.45, 2.75) is 129 Å². The van der Waals surface area contributed by atoms with E-state index in [9.17, 15) is 5.11 Å². The Morgan fingerprint density at radius 1 is 0.611 bits per heavy atom. The molecule has 0 unspecified atom stereocenters. The lowest BCUT2D eigenvalue weighted by Crippen LogP contribution is -2.03. The minimum atomic E-state index is 0.346. The monoisotopic (exact) mass is 491 g/mol. The van der Waals surface area contributed by atoms with Gasteiger partial charge in [-0.1, -0.05) is 122 Å². The van der Waals surface area contributed by atoms with Gasteiger partial charge in [-0.15, -0.1) is 15.0 Å². The van der Waals surface area contributed by atoms with Crippen LogP contribution in [-0.2, 0) is 12.8 Å². The number of aromatic nitrogens is 3. The van der Waals surface area contributed by atoms with E-state index in [-0.39, 0.29) is 0 Å². The second kappa shape index (κ2) is 16.4. The quantitative estimate of drug-likeness (QED) is 0.170. The Hall–Kier alpha value is -2.36. The summed E-state index contributed by atoms with van der Waals surface area (Å²) in [4.78, 5) is 1.63. The van der Waals surface area contributed by atoms with Crippen LogP contribution in [0.1, 0.15) is 128 Å². The zero-order valence-electron chi connectivity index (χ0n) is 23.0. The van der Waals surface area contributed by atoms with Gasteiger partial charge in [-0.3, -0.25) is 0 Å². The van der Waals surface area contributed by atoms with E-state index in [1.54, 1.807) is 4.80 Å². The Kier molecular flexibility index (Phi) is 12.9. The van der Waals surface area contributed by atoms with Gasteiger partial charge in [0.15, 0.2) is 0 Å². The van der Waals surface area contributed by atoms with Gasteiger partial charge in [0.1, 0.15) is 22.5 Å². The van der Waals surface area contributed by atoms with E-state index >= 15 is 0 Å². The Balaban J connectivity index is 1.61. The van der Waals surface area contributed by atoms with Crippen molar-refractivity contribution < 1.29 is 5.11 Å². The number of hydrogen-bond acceptors (Lipinski definition) is 3. The van der Waals surface area contributed by atoms with Crippen LogP contribution in [0.2, 0.25) is 0 Å². The lowest BCUT2D eigenvalue weighted by Gasteiger charge is -2.13. The van der Waals surface area contributed by atoms with Crippen LogP contribution < -0.4 is 0 Å². The lowest BCUT2D eigenvalue weighted by atomic mass is 9.98. The number of rotatable bonds is 19. The van der Waals surface area contributed by atoms with E-state index in [0.717, 1.165) is 41.5 Å². The van der Waals surface area contributed by atoms with Crippen molar-refractivity contribution in [3.8, 4) is 11.4 Å². The minimum absolute atomic E-state index is 0.346. The van der Waals surface area contributed by atoms with E-state index in [4.69, 9.17) is 0 Å². The van der Waals surface area contributed by atoms with Gasteiger partial charge in [0.2, 0.25) is 0 Å². The van der Waals surface area contributed by atoms with Crippen LogP contribution in [0.3, 0.4) is 0 Å². The largest absolute Gasteiger partial charge is 0.505 e. The molecular formula is C32H49N3O. The molecule has 1 heterocycles. The van der Waals surface area contributed by atoms with Crippen molar-refractivity contribution in [2.75, 3.05) is 0 Å². The van der Waals surface area contributed by atoms with Crippen molar-refractivity contribution in [1.29, 1.82) is 0 Å². The maximum absolute atomic E-state index is 11.2. The molecule has 2 aromatic carbocycles. The van der Waals surface area contributed by atoms with Crippen LogP contribution in [0, 0.1) is 0 Å². The zero-order valence-corrected chi connectivity index (χ0v) is 23.0. The second-order valence-corrected chi connectivity index (χ2v) is 10.6. The number of aryl methyl sites for hydroxylation is 2. The van der Waals surface area contributed by atoms with Gasteiger partial charge < -0.3 is 5.11 Å². The molecule has 0 aliphatic carbocycles. The van der Waals surface area contributed by atoms with Crippen LogP contribution in [0.5, 0.6) is 5.75 Å². The van der Waals surface area contributed by atoms with Gasteiger partial charge in [0.25, 0.3) is 0 Å². The summed E-state index contributed by atoms with van der Waals surface area (Å²) in [5.74, 6) is 0.346. The van der Waals surface area contributed by atoms with Crippen molar-refractivity contribution in [3.63, 3.8) is 0 Å². The fraction of sp³-hybridized carbons (Fsp3) is 0.625. The predicted molar refractivity (Wildman–Crippen MR) is 153 cm³/mol. The topological polar surface area (TPSA) is 50.9 Å². The third kappa shape index (κ3) is 9.26. The minimum Gasteiger partial charge on any atom is -0.505 e. The summed E-state index contributed by atoms with van der Waals surface area (Å²) in [7, 11) is 0. The first-order chi connectivity index (χ1) is 17.7. The molecule has 0 spiro atoms. The molecule has 0 atom stereocenters. The molecule has 0 saturated heterocycles. The van der Waals surface area contributed by atoms with Crippen LogP contribution in [0.4, 0.5) is 0 Å². The van der Waals surface area contributed by atoms with Gasteiger partial charge in [-0.05, 0) is 55.0 Å². The Labute approximate surface area is 219 Å². The molecule has 36 heavy (non-hydrogen) atoms. The summed E-state index contributed by atoms with van der Waals surface area (Å²) in [6, 6.07) is 12.2. The number of hydrogen-bond donors (Lipinski definition) is 1. The molecule has 1 aromatic heterocycles. The third-order valence-electron chi connectivity index (χ3n) is 7.35. The molecule has 3 aromatic rings. The predicted octanol–water partition coefficient (Wildman–Crippen LogP) is 9.49. The van der Waals surface area contributed by atoms with Crippen LogP contribution in [-0.4, -0.2) is 20.1 Å². The molecule has 0 fully saturated rings. The summed E-state index contributed by atoms with van der Waals surface area (Å²) in [5, 5.41) is 20.5. The van der Waals surface area contributed by atoms with E-state index in [1.165, 1.54) is 102 Å². The fourth-order valence-corrected chi connectivity index (χ4v) is 5.11. The average molecular weight is 492 g/mol. The third-order valence-corrected chi connectivity index (χ3v) is 7.35. The molecule has 198 valence electrons. The molecule has 1 N–H and O–H groups in total. The summed E-state index contributed by atoms with van der Waals surface area (Å²) in [6.45, 7) is 4.54. The molecule has 4 heteroatoms. The summed E-state index contributed by atoms with van der Waals surface area (Å²) in [6.07, 6.45) is 22.9. The molecule has 0 saturated carbocycles. The number of nitrogens with zero attached hydrogens (tertiary/aromatic N) is 3. The first kappa shape index (κ1) is 28.2. The molecule has 0 radical (unpaired) electrons. The Bertz CT molecular complexity index is 977.